The zero-order valence-electron chi connectivity index (χ0n) is 23.3. The fourth-order valence-electron chi connectivity index (χ4n) is 5.29. The number of aromatic nitrogens is 1. The molecule has 4 aromatic rings. The molecule has 1 aromatic heterocycles. The van der Waals surface area contributed by atoms with Gasteiger partial charge in [0, 0.05) is 30.1 Å². The molecule has 1 aliphatic rings. The Hall–Kier alpha value is -4.72. The minimum Gasteiger partial charge on any atom is -0.361 e. The first-order valence-electron chi connectivity index (χ1n) is 13.8. The van der Waals surface area contributed by atoms with Crippen LogP contribution < -0.4 is 10.6 Å². The van der Waals surface area contributed by atoms with Crippen molar-refractivity contribution in [3.8, 4) is 0 Å². The predicted molar refractivity (Wildman–Crippen MR) is 157 cm³/mol. The Kier molecular flexibility index (Phi) is 8.29. The number of nitrogens with zero attached hydrogens (tertiary/aromatic N) is 1. The number of aromatic amines is 1. The molecule has 210 valence electrons. The van der Waals surface area contributed by atoms with Gasteiger partial charge in [-0.05, 0) is 54.2 Å². The van der Waals surface area contributed by atoms with Gasteiger partial charge in [0.15, 0.2) is 5.78 Å². The number of Topliss-reactive ketones (excluding diaryl/α,β-unsaturated/α-hetero) is 1. The predicted octanol–water partition coefficient (Wildman–Crippen LogP) is 3.40. The van der Waals surface area contributed by atoms with Crippen molar-refractivity contribution in [2.45, 2.75) is 39.3 Å². The van der Waals surface area contributed by atoms with E-state index in [2.05, 4.69) is 15.6 Å². The zero-order valence-corrected chi connectivity index (χ0v) is 23.3. The van der Waals surface area contributed by atoms with Crippen molar-refractivity contribution in [3.63, 3.8) is 0 Å². The third-order valence-electron chi connectivity index (χ3n) is 7.75. The lowest BCUT2D eigenvalue weighted by Crippen LogP contribution is -2.60. The van der Waals surface area contributed by atoms with Gasteiger partial charge in [-0.15, -0.1) is 0 Å². The normalized spacial score (nSPS) is 16.0. The summed E-state index contributed by atoms with van der Waals surface area (Å²) in [4.78, 5) is 57.6. The fraction of sp³-hybridized carbons (Fsp3) is 0.273. The topological polar surface area (TPSA) is 111 Å². The minimum absolute atomic E-state index is 0.170. The number of ketones is 1. The summed E-state index contributed by atoms with van der Waals surface area (Å²) in [6, 6.07) is 22.3. The second kappa shape index (κ2) is 12.2. The van der Waals surface area contributed by atoms with Crippen molar-refractivity contribution in [1.29, 1.82) is 0 Å². The largest absolute Gasteiger partial charge is 0.361 e. The van der Waals surface area contributed by atoms with Gasteiger partial charge >= 0.3 is 0 Å². The van der Waals surface area contributed by atoms with Gasteiger partial charge in [0.1, 0.15) is 18.5 Å². The van der Waals surface area contributed by atoms with E-state index < -0.39 is 23.7 Å². The van der Waals surface area contributed by atoms with Gasteiger partial charge < -0.3 is 20.5 Å². The van der Waals surface area contributed by atoms with Crippen LogP contribution in [-0.2, 0) is 38.6 Å². The number of para-hydroxylation sites is 1. The third kappa shape index (κ3) is 6.54. The Bertz CT molecular complexity index is 1590. The van der Waals surface area contributed by atoms with Gasteiger partial charge in [0.05, 0.1) is 6.54 Å². The van der Waals surface area contributed by atoms with E-state index in [1.54, 1.807) is 0 Å². The number of fused-ring (bicyclic) bond motifs is 1. The summed E-state index contributed by atoms with van der Waals surface area (Å²) in [5.74, 6) is -2.51. The molecule has 8 nitrogen and oxygen atoms in total. The maximum absolute atomic E-state index is 13.7. The van der Waals surface area contributed by atoms with Crippen LogP contribution >= 0.6 is 0 Å². The van der Waals surface area contributed by atoms with E-state index >= 15 is 0 Å². The summed E-state index contributed by atoms with van der Waals surface area (Å²) in [5.41, 5.74) is 5.87. The van der Waals surface area contributed by atoms with Gasteiger partial charge in [-0.2, -0.15) is 0 Å². The summed E-state index contributed by atoms with van der Waals surface area (Å²) in [6.07, 6.45) is 2.31. The molecule has 1 fully saturated rings. The van der Waals surface area contributed by atoms with E-state index in [0.717, 1.165) is 38.7 Å². The van der Waals surface area contributed by atoms with Crippen molar-refractivity contribution >= 4 is 34.4 Å². The Labute approximate surface area is 239 Å². The number of carbonyl (C=O) groups excluding carboxylic acids is 4. The number of nitrogens with one attached hydrogen (secondary N) is 3. The number of hydrogen-bond acceptors (Lipinski definition) is 4. The summed E-state index contributed by atoms with van der Waals surface area (Å²) < 4.78 is 0. The molecule has 0 saturated carbocycles. The van der Waals surface area contributed by atoms with Crippen molar-refractivity contribution < 1.29 is 19.2 Å². The first-order chi connectivity index (χ1) is 19.8. The molecule has 1 saturated heterocycles. The van der Waals surface area contributed by atoms with Crippen LogP contribution in [-0.4, -0.2) is 52.5 Å². The second-order valence-electron chi connectivity index (χ2n) is 10.7. The molecule has 1 aliphatic heterocycles. The monoisotopic (exact) mass is 550 g/mol. The number of hydrogen-bond donors (Lipinski definition) is 3. The minimum atomic E-state index is -1.04. The third-order valence-corrected chi connectivity index (χ3v) is 7.75. The Morgan fingerprint density at radius 1 is 0.951 bits per heavy atom. The number of carbonyl (C=O) groups is 4. The molecule has 2 heterocycles. The number of piperazine rings is 1. The fourth-order valence-corrected chi connectivity index (χ4v) is 5.29. The molecule has 3 amide bonds. The maximum atomic E-state index is 13.7. The molecule has 41 heavy (non-hydrogen) atoms. The van der Waals surface area contributed by atoms with E-state index in [1.807, 2.05) is 92.8 Å². The highest BCUT2D eigenvalue weighted by Crippen LogP contribution is 2.22. The van der Waals surface area contributed by atoms with Crippen LogP contribution in [0.3, 0.4) is 0 Å². The standard InChI is InChI=1S/C33H34N4O4/c1-21-12-13-24(14-22(21)2)17-35-32(40)27(16-25-18-34-28-11-7-6-10-26(25)28)30(38)19-37-20-31(39)36-29(33(37)41)15-23-8-4-3-5-9-23/h3-14,18,27,29,34H,15-17,19-20H2,1-2H3,(H,35,40)(H,36,39). The Balaban J connectivity index is 1.34. The van der Waals surface area contributed by atoms with Crippen molar-refractivity contribution in [2.24, 2.45) is 5.92 Å². The van der Waals surface area contributed by atoms with Crippen LogP contribution in [0.2, 0.25) is 0 Å². The average molecular weight is 551 g/mol. The molecule has 3 N–H and O–H groups in total. The van der Waals surface area contributed by atoms with Crippen LogP contribution in [0.15, 0.2) is 79.0 Å². The van der Waals surface area contributed by atoms with E-state index in [1.165, 1.54) is 4.90 Å². The van der Waals surface area contributed by atoms with Crippen molar-refractivity contribution in [3.05, 3.63) is 107 Å². The molecule has 0 aliphatic carbocycles. The molecule has 3 aromatic carbocycles. The summed E-state index contributed by atoms with van der Waals surface area (Å²) >= 11 is 0. The lowest BCUT2D eigenvalue weighted by molar-refractivity contribution is -0.147. The first-order valence-corrected chi connectivity index (χ1v) is 13.8. The molecule has 8 heteroatoms. The molecular weight excluding hydrogens is 516 g/mol. The van der Waals surface area contributed by atoms with Crippen LogP contribution in [0.1, 0.15) is 27.8 Å². The van der Waals surface area contributed by atoms with Gasteiger partial charge in [-0.1, -0.05) is 66.7 Å². The lowest BCUT2D eigenvalue weighted by atomic mass is 9.93. The molecule has 5 rings (SSSR count). The molecule has 2 unspecified atom stereocenters. The molecule has 2 atom stereocenters. The molecular formula is C33H34N4O4. The van der Waals surface area contributed by atoms with Crippen LogP contribution in [0, 0.1) is 19.8 Å². The van der Waals surface area contributed by atoms with Crippen molar-refractivity contribution in [2.75, 3.05) is 13.1 Å². The summed E-state index contributed by atoms with van der Waals surface area (Å²) in [6.45, 7) is 3.78. The van der Waals surface area contributed by atoms with E-state index in [4.69, 9.17) is 0 Å². The van der Waals surface area contributed by atoms with Crippen LogP contribution in [0.4, 0.5) is 0 Å². The molecule has 0 bridgehead atoms. The number of benzene rings is 3. The van der Waals surface area contributed by atoms with E-state index in [-0.39, 0.29) is 37.9 Å². The van der Waals surface area contributed by atoms with Crippen LogP contribution in [0.25, 0.3) is 10.9 Å². The number of amides is 3. The van der Waals surface area contributed by atoms with Gasteiger partial charge in [-0.3, -0.25) is 19.2 Å². The maximum Gasteiger partial charge on any atom is 0.246 e. The van der Waals surface area contributed by atoms with E-state index in [9.17, 15) is 19.2 Å². The van der Waals surface area contributed by atoms with Gasteiger partial charge in [0.2, 0.25) is 17.7 Å². The zero-order chi connectivity index (χ0) is 28.9. The lowest BCUT2D eigenvalue weighted by Gasteiger charge is -2.33. The Morgan fingerprint density at radius 2 is 1.71 bits per heavy atom. The Morgan fingerprint density at radius 3 is 2.49 bits per heavy atom. The number of rotatable bonds is 10. The number of aryl methyl sites for hydroxylation is 2. The molecule has 0 spiro atoms. The van der Waals surface area contributed by atoms with E-state index in [0.29, 0.717) is 6.42 Å². The second-order valence-corrected chi connectivity index (χ2v) is 10.7. The van der Waals surface area contributed by atoms with Gasteiger partial charge in [-0.25, -0.2) is 0 Å². The first kappa shape index (κ1) is 27.8. The van der Waals surface area contributed by atoms with Crippen LogP contribution in [0.5, 0.6) is 0 Å². The molecule has 0 radical (unpaired) electrons. The highest BCUT2D eigenvalue weighted by molar-refractivity contribution is 6.05. The smallest absolute Gasteiger partial charge is 0.246 e. The highest BCUT2D eigenvalue weighted by Gasteiger charge is 2.36. The number of H-pyrrole nitrogens is 1. The highest BCUT2D eigenvalue weighted by atomic mass is 16.2. The van der Waals surface area contributed by atoms with Gasteiger partial charge in [0.25, 0.3) is 0 Å². The van der Waals surface area contributed by atoms with Crippen molar-refractivity contribution in [1.82, 2.24) is 20.5 Å². The quantitative estimate of drug-likeness (QED) is 0.263. The summed E-state index contributed by atoms with van der Waals surface area (Å²) in [5, 5.41) is 6.62. The summed E-state index contributed by atoms with van der Waals surface area (Å²) in [7, 11) is 0. The SMILES string of the molecule is Cc1ccc(CNC(=O)C(Cc2c[nH]c3ccccc23)C(=O)CN2CC(=O)NC(Cc3ccccc3)C2=O)cc1C. The average Bonchev–Trinajstić information content (AvgIpc) is 3.38.